The highest BCUT2D eigenvalue weighted by Gasteiger charge is 2.12. The fraction of sp³-hybridized carbons (Fsp3) is 0.111. The molecule has 24 heavy (non-hydrogen) atoms. The molecule has 2 N–H and O–H groups in total. The van der Waals surface area contributed by atoms with E-state index in [1.807, 2.05) is 37.4 Å². The van der Waals surface area contributed by atoms with Gasteiger partial charge in [-0.25, -0.2) is 9.37 Å². The van der Waals surface area contributed by atoms with Crippen LogP contribution in [0.25, 0.3) is 0 Å². The lowest BCUT2D eigenvalue weighted by atomic mass is 10.0. The van der Waals surface area contributed by atoms with Crippen molar-refractivity contribution in [2.75, 3.05) is 5.73 Å². The molecule has 0 aliphatic rings. The van der Waals surface area contributed by atoms with Crippen LogP contribution in [-0.4, -0.2) is 9.97 Å². The van der Waals surface area contributed by atoms with E-state index in [0.29, 0.717) is 17.0 Å². The van der Waals surface area contributed by atoms with Crippen molar-refractivity contribution in [3.05, 3.63) is 76.5 Å². The molecule has 0 fully saturated rings. The Morgan fingerprint density at radius 1 is 1.12 bits per heavy atom. The average molecular weight is 360 g/mol. The van der Waals surface area contributed by atoms with Crippen LogP contribution in [0.4, 0.5) is 10.2 Å². The van der Waals surface area contributed by atoms with Crippen molar-refractivity contribution < 1.29 is 4.39 Å². The molecule has 0 saturated heterocycles. The monoisotopic (exact) mass is 359 g/mol. The second-order valence-electron chi connectivity index (χ2n) is 5.32. The Morgan fingerprint density at radius 3 is 2.62 bits per heavy atom. The predicted octanol–water partition coefficient (Wildman–Crippen LogP) is 4.90. The summed E-state index contributed by atoms with van der Waals surface area (Å²) in [4.78, 5) is 10.1. The molecule has 0 radical (unpaired) electrons. The first-order chi connectivity index (χ1) is 11.5. The van der Waals surface area contributed by atoms with E-state index in [-0.39, 0.29) is 5.82 Å². The summed E-state index contributed by atoms with van der Waals surface area (Å²) >= 11 is 7.52. The van der Waals surface area contributed by atoms with Crippen LogP contribution in [0.1, 0.15) is 16.7 Å². The molecule has 1 aromatic carbocycles. The molecule has 2 aromatic heterocycles. The van der Waals surface area contributed by atoms with Crippen LogP contribution in [0.15, 0.2) is 58.7 Å². The summed E-state index contributed by atoms with van der Waals surface area (Å²) < 4.78 is 14.1. The highest BCUT2D eigenvalue weighted by molar-refractivity contribution is 7.99. The first kappa shape index (κ1) is 16.7. The molecule has 6 heteroatoms. The standard InChI is InChI=1S/C18H15ClFN3S/c1-11-13(8-12-6-7-23-18(21)17(12)20)9-22-10-16(11)24-15-4-2-14(19)3-5-15/h2-7,9-10H,8H2,1H3,(H2,21,23). The van der Waals surface area contributed by atoms with Gasteiger partial charge in [-0.1, -0.05) is 23.4 Å². The van der Waals surface area contributed by atoms with Crippen LogP contribution in [0.5, 0.6) is 0 Å². The minimum absolute atomic E-state index is 0.0789. The maximum atomic E-state index is 14.1. The molecule has 3 rings (SSSR count). The largest absolute Gasteiger partial charge is 0.381 e. The maximum Gasteiger partial charge on any atom is 0.168 e. The molecular formula is C18H15ClFN3S. The van der Waals surface area contributed by atoms with Crippen LogP contribution in [-0.2, 0) is 6.42 Å². The Hall–Kier alpha value is -2.11. The van der Waals surface area contributed by atoms with Crippen LogP contribution in [0, 0.1) is 12.7 Å². The number of aromatic nitrogens is 2. The van der Waals surface area contributed by atoms with Crippen molar-refractivity contribution >= 4 is 29.2 Å². The maximum absolute atomic E-state index is 14.1. The van der Waals surface area contributed by atoms with Gasteiger partial charge in [0.05, 0.1) is 0 Å². The third-order valence-electron chi connectivity index (χ3n) is 3.69. The fourth-order valence-electron chi connectivity index (χ4n) is 2.30. The minimum Gasteiger partial charge on any atom is -0.381 e. The minimum atomic E-state index is -0.465. The molecule has 0 saturated carbocycles. The zero-order valence-electron chi connectivity index (χ0n) is 13.0. The van der Waals surface area contributed by atoms with E-state index in [0.717, 1.165) is 20.9 Å². The first-order valence-electron chi connectivity index (χ1n) is 7.30. The van der Waals surface area contributed by atoms with Crippen molar-refractivity contribution in [1.29, 1.82) is 0 Å². The number of halogens is 2. The van der Waals surface area contributed by atoms with Crippen LogP contribution in [0.3, 0.4) is 0 Å². The van der Waals surface area contributed by atoms with E-state index in [4.69, 9.17) is 17.3 Å². The molecule has 2 heterocycles. The van der Waals surface area contributed by atoms with E-state index in [1.54, 1.807) is 24.0 Å². The fourth-order valence-corrected chi connectivity index (χ4v) is 3.35. The number of hydrogen-bond donors (Lipinski definition) is 1. The number of nitrogens with zero attached hydrogens (tertiary/aromatic N) is 2. The van der Waals surface area contributed by atoms with Gasteiger partial charge in [0.25, 0.3) is 0 Å². The molecular weight excluding hydrogens is 345 g/mol. The molecule has 122 valence electrons. The summed E-state index contributed by atoms with van der Waals surface area (Å²) in [5, 5.41) is 0.702. The van der Waals surface area contributed by atoms with Crippen LogP contribution >= 0.6 is 23.4 Å². The molecule has 0 aliphatic carbocycles. The van der Waals surface area contributed by atoms with Crippen molar-refractivity contribution in [3.63, 3.8) is 0 Å². The molecule has 3 aromatic rings. The highest BCUT2D eigenvalue weighted by atomic mass is 35.5. The average Bonchev–Trinajstić information content (AvgIpc) is 2.57. The quantitative estimate of drug-likeness (QED) is 0.719. The van der Waals surface area contributed by atoms with Crippen LogP contribution in [0.2, 0.25) is 5.02 Å². The van der Waals surface area contributed by atoms with Crippen LogP contribution < -0.4 is 5.73 Å². The summed E-state index contributed by atoms with van der Waals surface area (Å²) in [5.74, 6) is -0.544. The lowest BCUT2D eigenvalue weighted by Crippen LogP contribution is -2.02. The van der Waals surface area contributed by atoms with E-state index >= 15 is 0 Å². The van der Waals surface area contributed by atoms with Gasteiger partial charge in [0, 0.05) is 39.8 Å². The smallest absolute Gasteiger partial charge is 0.168 e. The molecule has 0 unspecified atom stereocenters. The van der Waals surface area contributed by atoms with Gasteiger partial charge >= 0.3 is 0 Å². The Labute approximate surface area is 149 Å². The van der Waals surface area contributed by atoms with Crippen molar-refractivity contribution in [2.24, 2.45) is 0 Å². The number of benzene rings is 1. The summed E-state index contributed by atoms with van der Waals surface area (Å²) in [6.07, 6.45) is 5.52. The van der Waals surface area contributed by atoms with Gasteiger partial charge < -0.3 is 5.73 Å². The molecule has 3 nitrogen and oxygen atoms in total. The van der Waals surface area contributed by atoms with Gasteiger partial charge in [-0.3, -0.25) is 4.98 Å². The summed E-state index contributed by atoms with van der Waals surface area (Å²) in [6, 6.07) is 9.27. The Kier molecular flexibility index (Phi) is 5.02. The van der Waals surface area contributed by atoms with E-state index in [9.17, 15) is 4.39 Å². The molecule has 0 bridgehead atoms. The Balaban J connectivity index is 1.88. The van der Waals surface area contributed by atoms with E-state index < -0.39 is 5.82 Å². The zero-order chi connectivity index (χ0) is 17.1. The number of hydrogen-bond acceptors (Lipinski definition) is 4. The van der Waals surface area contributed by atoms with Gasteiger partial charge in [0.2, 0.25) is 0 Å². The lowest BCUT2D eigenvalue weighted by Gasteiger charge is -2.11. The molecule has 0 amide bonds. The van der Waals surface area contributed by atoms with Crippen molar-refractivity contribution in [2.45, 2.75) is 23.1 Å². The van der Waals surface area contributed by atoms with Gasteiger partial charge in [-0.05, 0) is 53.9 Å². The van der Waals surface area contributed by atoms with Gasteiger partial charge in [0.15, 0.2) is 11.6 Å². The summed E-state index contributed by atoms with van der Waals surface area (Å²) in [6.45, 7) is 2.01. The molecule has 0 spiro atoms. The third kappa shape index (κ3) is 3.68. The molecule has 0 aliphatic heterocycles. The highest BCUT2D eigenvalue weighted by Crippen LogP contribution is 2.32. The topological polar surface area (TPSA) is 51.8 Å². The van der Waals surface area contributed by atoms with Crippen molar-refractivity contribution in [1.82, 2.24) is 9.97 Å². The van der Waals surface area contributed by atoms with Crippen molar-refractivity contribution in [3.8, 4) is 0 Å². The Bertz CT molecular complexity index is 869. The summed E-state index contributed by atoms with van der Waals surface area (Å²) in [5.41, 5.74) is 8.08. The number of nitrogen functional groups attached to an aromatic ring is 1. The van der Waals surface area contributed by atoms with Gasteiger partial charge in [-0.2, -0.15) is 0 Å². The van der Waals surface area contributed by atoms with E-state index in [1.165, 1.54) is 6.20 Å². The number of anilines is 1. The summed E-state index contributed by atoms with van der Waals surface area (Å²) in [7, 11) is 0. The zero-order valence-corrected chi connectivity index (χ0v) is 14.5. The SMILES string of the molecule is Cc1c(Cc2ccnc(N)c2F)cncc1Sc1ccc(Cl)cc1. The second kappa shape index (κ2) is 7.20. The Morgan fingerprint density at radius 2 is 1.88 bits per heavy atom. The number of rotatable bonds is 4. The van der Waals surface area contributed by atoms with Gasteiger partial charge in [0.1, 0.15) is 0 Å². The third-order valence-corrected chi connectivity index (χ3v) is 5.08. The molecule has 0 atom stereocenters. The number of pyridine rings is 2. The second-order valence-corrected chi connectivity index (χ2v) is 6.88. The lowest BCUT2D eigenvalue weighted by molar-refractivity contribution is 0.613. The first-order valence-corrected chi connectivity index (χ1v) is 8.50. The van der Waals surface area contributed by atoms with E-state index in [2.05, 4.69) is 9.97 Å². The number of nitrogens with two attached hydrogens (primary N) is 1. The van der Waals surface area contributed by atoms with Gasteiger partial charge in [-0.15, -0.1) is 0 Å². The normalized spacial score (nSPS) is 10.8. The predicted molar refractivity (Wildman–Crippen MR) is 96.0 cm³/mol.